The first-order valence-corrected chi connectivity index (χ1v) is 6.58. The number of hydrogen-bond acceptors (Lipinski definition) is 2. The van der Waals surface area contributed by atoms with Gasteiger partial charge in [0.2, 0.25) is 0 Å². The third kappa shape index (κ3) is 6.03. The Bertz CT molecular complexity index is 268. The largest absolute Gasteiger partial charge is 0.544 e. The van der Waals surface area contributed by atoms with Gasteiger partial charge in [-0.25, -0.2) is 0 Å². The third-order valence-electron chi connectivity index (χ3n) is 3.37. The van der Waals surface area contributed by atoms with E-state index in [9.17, 15) is 0 Å². The zero-order valence-corrected chi connectivity index (χ0v) is 11.6. The standard InChI is InChI=1S/C13H22N.ClO2/c1-4-14(5-2,6-3)12-13-10-8-7-9-11-13;2-1-3/h7-11H,4-6,12H2,1-3H3;/q+1;-1. The fourth-order valence-electron chi connectivity index (χ4n) is 1.98. The first kappa shape index (κ1) is 16.4. The molecule has 0 aliphatic carbocycles. The molecule has 0 amide bonds. The van der Waals surface area contributed by atoms with Crippen LogP contribution in [-0.4, -0.2) is 24.1 Å². The fourth-order valence-corrected chi connectivity index (χ4v) is 1.98. The van der Waals surface area contributed by atoms with Gasteiger partial charge in [0, 0.05) is 5.56 Å². The lowest BCUT2D eigenvalue weighted by Gasteiger charge is -2.35. The van der Waals surface area contributed by atoms with Gasteiger partial charge in [0.05, 0.1) is 31.0 Å². The van der Waals surface area contributed by atoms with Crippen molar-refractivity contribution in [2.75, 3.05) is 19.6 Å². The topological polar surface area (TPSA) is 46.1 Å². The molecular weight excluding hydrogens is 238 g/mol. The summed E-state index contributed by atoms with van der Waals surface area (Å²) in [6.07, 6.45) is 0. The molecule has 0 aliphatic heterocycles. The third-order valence-corrected chi connectivity index (χ3v) is 3.37. The molecule has 4 heteroatoms. The van der Waals surface area contributed by atoms with Crippen molar-refractivity contribution < 1.29 is 25.1 Å². The van der Waals surface area contributed by atoms with Crippen LogP contribution in [0.3, 0.4) is 0 Å². The lowest BCUT2D eigenvalue weighted by atomic mass is 10.2. The van der Waals surface area contributed by atoms with Gasteiger partial charge in [0.25, 0.3) is 0 Å². The van der Waals surface area contributed by atoms with Crippen molar-refractivity contribution in [2.24, 2.45) is 0 Å². The number of quaternary nitrogens is 1. The minimum Gasteiger partial charge on any atom is -0.544 e. The molecule has 0 fully saturated rings. The Morgan fingerprint density at radius 3 is 1.71 bits per heavy atom. The average molecular weight is 260 g/mol. The first-order valence-electron chi connectivity index (χ1n) is 5.96. The zero-order valence-electron chi connectivity index (χ0n) is 10.9. The van der Waals surface area contributed by atoms with E-state index in [4.69, 9.17) is 9.32 Å². The predicted molar refractivity (Wildman–Crippen MR) is 62.0 cm³/mol. The van der Waals surface area contributed by atoms with Gasteiger partial charge in [0.1, 0.15) is 6.54 Å². The molecule has 0 aromatic heterocycles. The van der Waals surface area contributed by atoms with E-state index in [0.717, 1.165) is 0 Å². The molecule has 0 bridgehead atoms. The summed E-state index contributed by atoms with van der Waals surface area (Å²) >= 11 is -0.417. The van der Waals surface area contributed by atoms with Gasteiger partial charge in [-0.2, -0.15) is 0 Å². The Kier molecular flexibility index (Phi) is 9.09. The summed E-state index contributed by atoms with van der Waals surface area (Å²) in [6, 6.07) is 10.8. The van der Waals surface area contributed by atoms with Crippen LogP contribution in [-0.2, 0) is 6.54 Å². The van der Waals surface area contributed by atoms with E-state index in [0.29, 0.717) is 0 Å². The summed E-state index contributed by atoms with van der Waals surface area (Å²) in [5, 5.41) is 0. The molecule has 3 nitrogen and oxygen atoms in total. The summed E-state index contributed by atoms with van der Waals surface area (Å²) in [5.74, 6) is 0. The molecule has 1 aromatic carbocycles. The smallest absolute Gasteiger partial charge is 0.104 e. The van der Waals surface area contributed by atoms with Gasteiger partial charge in [-0.05, 0) is 20.8 Å². The number of rotatable bonds is 5. The predicted octanol–water partition coefficient (Wildman–Crippen LogP) is 0.685. The Hall–Kier alpha value is -0.610. The Balaban J connectivity index is 0.000000770. The molecule has 0 radical (unpaired) electrons. The lowest BCUT2D eigenvalue weighted by Crippen LogP contribution is -2.46. The summed E-state index contributed by atoms with van der Waals surface area (Å²) in [4.78, 5) is 0. The second-order valence-corrected chi connectivity index (χ2v) is 4.12. The molecular formula is C13H22ClNO2. The summed E-state index contributed by atoms with van der Waals surface area (Å²) in [7, 11) is 0. The zero-order chi connectivity index (χ0) is 13.1. The van der Waals surface area contributed by atoms with Crippen LogP contribution in [0.2, 0.25) is 0 Å². The van der Waals surface area contributed by atoms with E-state index in [-0.39, 0.29) is 0 Å². The normalized spacial score (nSPS) is 10.6. The maximum Gasteiger partial charge on any atom is 0.104 e. The molecule has 0 N–H and O–H groups in total. The average Bonchev–Trinajstić information content (AvgIpc) is 2.38. The minimum absolute atomic E-state index is 0.417. The Labute approximate surface area is 108 Å². The van der Waals surface area contributed by atoms with Crippen LogP contribution in [0.1, 0.15) is 26.3 Å². The van der Waals surface area contributed by atoms with Gasteiger partial charge < -0.3 is 13.8 Å². The van der Waals surface area contributed by atoms with Gasteiger partial charge in [-0.1, -0.05) is 30.3 Å². The molecule has 0 heterocycles. The SMILES string of the molecule is CC[N+](CC)(CC)Cc1ccccc1.[O-][Cl+][O-]. The van der Waals surface area contributed by atoms with Crippen molar-refractivity contribution >= 4 is 0 Å². The van der Waals surface area contributed by atoms with Crippen molar-refractivity contribution in [3.8, 4) is 0 Å². The van der Waals surface area contributed by atoms with Crippen molar-refractivity contribution in [1.82, 2.24) is 0 Å². The van der Waals surface area contributed by atoms with E-state index in [1.54, 1.807) is 0 Å². The number of hydrogen-bond donors (Lipinski definition) is 0. The molecule has 0 saturated carbocycles. The quantitative estimate of drug-likeness (QED) is 0.731. The van der Waals surface area contributed by atoms with Crippen LogP contribution in [0.5, 0.6) is 0 Å². The van der Waals surface area contributed by atoms with Crippen molar-refractivity contribution in [2.45, 2.75) is 27.3 Å². The minimum atomic E-state index is -0.417. The van der Waals surface area contributed by atoms with Crippen molar-refractivity contribution in [1.29, 1.82) is 0 Å². The molecule has 0 atom stereocenters. The summed E-state index contributed by atoms with van der Waals surface area (Å²) in [5.41, 5.74) is 1.46. The highest BCUT2D eigenvalue weighted by atomic mass is 35.6. The lowest BCUT2D eigenvalue weighted by molar-refractivity contribution is -1.41. The van der Waals surface area contributed by atoms with Gasteiger partial charge in [-0.15, -0.1) is 0 Å². The van der Waals surface area contributed by atoms with Crippen LogP contribution < -0.4 is 9.32 Å². The van der Waals surface area contributed by atoms with E-state index in [1.165, 1.54) is 36.2 Å². The monoisotopic (exact) mass is 259 g/mol. The van der Waals surface area contributed by atoms with E-state index >= 15 is 0 Å². The molecule has 17 heavy (non-hydrogen) atoms. The van der Waals surface area contributed by atoms with Crippen LogP contribution in [0.25, 0.3) is 0 Å². The van der Waals surface area contributed by atoms with E-state index in [1.807, 2.05) is 0 Å². The second-order valence-electron chi connectivity index (χ2n) is 4.00. The maximum atomic E-state index is 8.24. The summed E-state index contributed by atoms with van der Waals surface area (Å²) < 4.78 is 17.7. The van der Waals surface area contributed by atoms with E-state index in [2.05, 4.69) is 51.1 Å². The number of nitrogens with zero attached hydrogens (tertiary/aromatic N) is 1. The van der Waals surface area contributed by atoms with Crippen molar-refractivity contribution in [3.63, 3.8) is 0 Å². The maximum absolute atomic E-state index is 8.24. The Morgan fingerprint density at radius 1 is 0.941 bits per heavy atom. The van der Waals surface area contributed by atoms with Crippen molar-refractivity contribution in [3.05, 3.63) is 35.9 Å². The number of halogens is 1. The Morgan fingerprint density at radius 2 is 1.35 bits per heavy atom. The van der Waals surface area contributed by atoms with Gasteiger partial charge in [-0.3, -0.25) is 0 Å². The molecule has 0 spiro atoms. The van der Waals surface area contributed by atoms with Crippen LogP contribution >= 0.6 is 0 Å². The molecule has 98 valence electrons. The highest BCUT2D eigenvalue weighted by Crippen LogP contribution is 2.13. The second kappa shape index (κ2) is 9.42. The molecule has 0 saturated heterocycles. The van der Waals surface area contributed by atoms with E-state index < -0.39 is 11.3 Å². The fraction of sp³-hybridized carbons (Fsp3) is 0.538. The molecule has 0 aliphatic rings. The molecule has 1 rings (SSSR count). The van der Waals surface area contributed by atoms with Crippen LogP contribution in [0, 0.1) is 11.3 Å². The van der Waals surface area contributed by atoms with Crippen LogP contribution in [0.4, 0.5) is 0 Å². The highest BCUT2D eigenvalue weighted by Gasteiger charge is 2.20. The first-order chi connectivity index (χ1) is 8.17. The van der Waals surface area contributed by atoms with Gasteiger partial charge in [0.15, 0.2) is 0 Å². The molecule has 0 unspecified atom stereocenters. The number of benzene rings is 1. The summed E-state index contributed by atoms with van der Waals surface area (Å²) in [6.45, 7) is 11.7. The molecule has 1 aromatic rings. The van der Waals surface area contributed by atoms with Gasteiger partial charge >= 0.3 is 0 Å². The highest BCUT2D eigenvalue weighted by molar-refractivity contribution is 5.13. The van der Waals surface area contributed by atoms with Crippen LogP contribution in [0.15, 0.2) is 30.3 Å².